The van der Waals surface area contributed by atoms with Gasteiger partial charge in [-0.2, -0.15) is 0 Å². The van der Waals surface area contributed by atoms with Crippen LogP contribution in [-0.2, 0) is 19.1 Å². The van der Waals surface area contributed by atoms with E-state index in [4.69, 9.17) is 9.47 Å². The van der Waals surface area contributed by atoms with Crippen LogP contribution in [0.4, 0.5) is 0 Å². The first-order valence-corrected chi connectivity index (χ1v) is 10.0. The average molecular weight is 363 g/mol. The highest BCUT2D eigenvalue weighted by Crippen LogP contribution is 2.60. The Hall–Kier alpha value is -1.58. The summed E-state index contributed by atoms with van der Waals surface area (Å²) in [6, 6.07) is 0. The predicted molar refractivity (Wildman–Crippen MR) is 102 cm³/mol. The summed E-state index contributed by atoms with van der Waals surface area (Å²) in [5.41, 5.74) is -0.858. The van der Waals surface area contributed by atoms with E-state index in [1.807, 2.05) is 6.08 Å². The maximum absolute atomic E-state index is 12.3. The molecule has 2 rings (SSSR count). The lowest BCUT2D eigenvalue weighted by Crippen LogP contribution is -2.64. The number of ether oxygens (including phenoxy) is 2. The van der Waals surface area contributed by atoms with Gasteiger partial charge in [0.25, 0.3) is 5.79 Å². The second-order valence-corrected chi connectivity index (χ2v) is 8.59. The van der Waals surface area contributed by atoms with Crippen LogP contribution in [0, 0.1) is 16.7 Å². The van der Waals surface area contributed by atoms with Crippen molar-refractivity contribution in [3.8, 4) is 0 Å². The number of unbranched alkanes of at least 4 members (excludes halogenated alkanes) is 2. The summed E-state index contributed by atoms with van der Waals surface area (Å²) in [4.78, 5) is 24.6. The molecule has 0 bridgehead atoms. The van der Waals surface area contributed by atoms with Crippen molar-refractivity contribution in [2.75, 3.05) is 0 Å². The van der Waals surface area contributed by atoms with Crippen LogP contribution in [0.15, 0.2) is 24.3 Å². The highest BCUT2D eigenvalue weighted by molar-refractivity contribution is 5.93. The Kier molecular flexibility index (Phi) is 6.36. The van der Waals surface area contributed by atoms with Crippen LogP contribution in [0.5, 0.6) is 0 Å². The largest absolute Gasteiger partial charge is 0.421 e. The molecule has 4 nitrogen and oxygen atoms in total. The molecule has 0 radical (unpaired) electrons. The summed E-state index contributed by atoms with van der Waals surface area (Å²) < 4.78 is 11.9. The van der Waals surface area contributed by atoms with Gasteiger partial charge in [0.1, 0.15) is 6.42 Å². The van der Waals surface area contributed by atoms with Gasteiger partial charge in [-0.15, -0.1) is 0 Å². The number of hydrogen-bond acceptors (Lipinski definition) is 4. The molecule has 1 saturated heterocycles. The van der Waals surface area contributed by atoms with E-state index >= 15 is 0 Å². The molecule has 0 aromatic rings. The second-order valence-electron chi connectivity index (χ2n) is 8.59. The minimum Gasteiger partial charge on any atom is -0.421 e. The van der Waals surface area contributed by atoms with Gasteiger partial charge < -0.3 is 9.47 Å². The molecule has 0 aromatic carbocycles. The summed E-state index contributed by atoms with van der Waals surface area (Å²) >= 11 is 0. The van der Waals surface area contributed by atoms with E-state index < -0.39 is 23.1 Å². The Morgan fingerprint density at radius 2 is 1.65 bits per heavy atom. The smallest absolute Gasteiger partial charge is 0.320 e. The Bertz CT molecular complexity index is 565. The Labute approximate surface area is 158 Å². The number of esters is 2. The molecule has 2 atom stereocenters. The van der Waals surface area contributed by atoms with Crippen molar-refractivity contribution in [1.82, 2.24) is 0 Å². The molecule has 0 amide bonds. The van der Waals surface area contributed by atoms with Crippen LogP contribution in [0.25, 0.3) is 0 Å². The standard InChI is InChI=1S/C22H34O4/c1-6-8-12-17-13-10-11-14-21(17,20(3,4)5)22(15-9-7-2)25-18(23)16-19(24)26-22/h10-11,13-14,17H,6-9,12,15-16H2,1-5H3. The minimum absolute atomic E-state index is 0.142. The summed E-state index contributed by atoms with van der Waals surface area (Å²) in [6.07, 6.45) is 13.5. The lowest BCUT2D eigenvalue weighted by atomic mass is 9.52. The number of allylic oxidation sites excluding steroid dienone is 3. The van der Waals surface area contributed by atoms with Gasteiger partial charge >= 0.3 is 11.9 Å². The maximum atomic E-state index is 12.3. The van der Waals surface area contributed by atoms with Crippen LogP contribution in [0.3, 0.4) is 0 Å². The lowest BCUT2D eigenvalue weighted by Gasteiger charge is -2.58. The van der Waals surface area contributed by atoms with Crippen LogP contribution < -0.4 is 0 Å². The molecule has 1 heterocycles. The molecule has 1 aliphatic carbocycles. The van der Waals surface area contributed by atoms with E-state index in [-0.39, 0.29) is 17.8 Å². The minimum atomic E-state index is -1.24. The number of hydrogen-bond donors (Lipinski definition) is 0. The molecule has 26 heavy (non-hydrogen) atoms. The van der Waals surface area contributed by atoms with Gasteiger partial charge in [0, 0.05) is 6.42 Å². The molecular formula is C22H34O4. The zero-order chi connectivity index (χ0) is 19.4. The predicted octanol–water partition coefficient (Wildman–Crippen LogP) is 5.33. The van der Waals surface area contributed by atoms with E-state index in [9.17, 15) is 9.59 Å². The van der Waals surface area contributed by atoms with E-state index in [0.717, 1.165) is 32.1 Å². The number of cyclic esters (lactones) is 2. The molecule has 0 saturated carbocycles. The van der Waals surface area contributed by atoms with E-state index in [1.165, 1.54) is 0 Å². The van der Waals surface area contributed by atoms with Gasteiger partial charge in [-0.25, -0.2) is 0 Å². The molecule has 2 aliphatic rings. The first kappa shape index (κ1) is 20.7. The van der Waals surface area contributed by atoms with Crippen molar-refractivity contribution in [1.29, 1.82) is 0 Å². The molecule has 0 spiro atoms. The van der Waals surface area contributed by atoms with E-state index in [0.29, 0.717) is 6.42 Å². The van der Waals surface area contributed by atoms with Gasteiger partial charge in [0.15, 0.2) is 0 Å². The first-order chi connectivity index (χ1) is 12.2. The third kappa shape index (κ3) is 3.60. The molecule has 1 aliphatic heterocycles. The highest BCUT2D eigenvalue weighted by atomic mass is 16.7. The third-order valence-corrected chi connectivity index (χ3v) is 5.84. The van der Waals surface area contributed by atoms with Crippen molar-refractivity contribution in [3.05, 3.63) is 24.3 Å². The quantitative estimate of drug-likeness (QED) is 0.454. The van der Waals surface area contributed by atoms with Gasteiger partial charge in [-0.05, 0) is 24.2 Å². The van der Waals surface area contributed by atoms with Gasteiger partial charge in [-0.1, -0.05) is 78.2 Å². The number of carbonyl (C=O) groups excluding carboxylic acids is 2. The topological polar surface area (TPSA) is 52.6 Å². The zero-order valence-electron chi connectivity index (χ0n) is 17.0. The first-order valence-electron chi connectivity index (χ1n) is 10.0. The zero-order valence-corrected chi connectivity index (χ0v) is 17.0. The maximum Gasteiger partial charge on any atom is 0.320 e. The van der Waals surface area contributed by atoms with Crippen LogP contribution in [0.2, 0.25) is 0 Å². The third-order valence-electron chi connectivity index (χ3n) is 5.84. The van der Waals surface area contributed by atoms with Crippen molar-refractivity contribution in [2.24, 2.45) is 16.7 Å². The molecular weight excluding hydrogens is 328 g/mol. The summed E-state index contributed by atoms with van der Waals surface area (Å²) in [7, 11) is 0. The number of carbonyl (C=O) groups is 2. The summed E-state index contributed by atoms with van der Waals surface area (Å²) in [5, 5.41) is 0. The van der Waals surface area contributed by atoms with Crippen LogP contribution >= 0.6 is 0 Å². The van der Waals surface area contributed by atoms with Crippen molar-refractivity contribution in [3.63, 3.8) is 0 Å². The van der Waals surface area contributed by atoms with Crippen LogP contribution in [-0.4, -0.2) is 17.7 Å². The molecule has 0 aromatic heterocycles. The van der Waals surface area contributed by atoms with Gasteiger partial charge in [0.2, 0.25) is 0 Å². The fraction of sp³-hybridized carbons (Fsp3) is 0.727. The summed E-state index contributed by atoms with van der Waals surface area (Å²) in [6.45, 7) is 10.7. The highest BCUT2D eigenvalue weighted by Gasteiger charge is 2.65. The van der Waals surface area contributed by atoms with Crippen molar-refractivity contribution >= 4 is 11.9 Å². The van der Waals surface area contributed by atoms with E-state index in [1.54, 1.807) is 0 Å². The molecule has 146 valence electrons. The molecule has 2 unspecified atom stereocenters. The Morgan fingerprint density at radius 3 is 2.19 bits per heavy atom. The summed E-state index contributed by atoms with van der Waals surface area (Å²) in [5.74, 6) is -2.05. The van der Waals surface area contributed by atoms with Gasteiger partial charge in [0.05, 0.1) is 5.41 Å². The van der Waals surface area contributed by atoms with Gasteiger partial charge in [-0.3, -0.25) is 9.59 Å². The Morgan fingerprint density at radius 1 is 1.04 bits per heavy atom. The second kappa shape index (κ2) is 7.98. The average Bonchev–Trinajstić information content (AvgIpc) is 2.56. The normalized spacial score (nSPS) is 28.0. The van der Waals surface area contributed by atoms with Crippen molar-refractivity contribution in [2.45, 2.75) is 85.4 Å². The van der Waals surface area contributed by atoms with Crippen molar-refractivity contribution < 1.29 is 19.1 Å². The molecule has 4 heteroatoms. The fourth-order valence-electron chi connectivity index (χ4n) is 4.68. The van der Waals surface area contributed by atoms with Crippen LogP contribution in [0.1, 0.15) is 79.6 Å². The monoisotopic (exact) mass is 362 g/mol. The fourth-order valence-corrected chi connectivity index (χ4v) is 4.68. The Balaban J connectivity index is 2.63. The molecule has 0 N–H and O–H groups in total. The lowest BCUT2D eigenvalue weighted by molar-refractivity contribution is -0.304. The SMILES string of the molecule is CCCCC1C=CC=CC1(C(C)(C)C)C1(CCCC)OC(=O)CC(=O)O1. The van der Waals surface area contributed by atoms with E-state index in [2.05, 4.69) is 52.8 Å². The number of rotatable bonds is 7. The molecule has 1 fully saturated rings.